The first kappa shape index (κ1) is 14.9. The molecule has 0 amide bonds. The molecule has 2 nitrogen and oxygen atoms in total. The van der Waals surface area contributed by atoms with Gasteiger partial charge in [0.05, 0.1) is 18.8 Å². The molecule has 0 spiro atoms. The van der Waals surface area contributed by atoms with Crippen molar-refractivity contribution in [2.75, 3.05) is 13.2 Å². The van der Waals surface area contributed by atoms with E-state index in [1.165, 1.54) is 6.42 Å². The highest BCUT2D eigenvalue weighted by molar-refractivity contribution is 4.60. The van der Waals surface area contributed by atoms with Gasteiger partial charge >= 0.3 is 0 Å². The van der Waals surface area contributed by atoms with E-state index in [1.54, 1.807) is 0 Å². The third kappa shape index (κ3) is 7.80. The van der Waals surface area contributed by atoms with Crippen LogP contribution >= 0.6 is 0 Å². The lowest BCUT2D eigenvalue weighted by molar-refractivity contribution is -0.0462. The molecule has 2 atom stereocenters. The van der Waals surface area contributed by atoms with Crippen molar-refractivity contribution in [2.24, 2.45) is 0 Å². The summed E-state index contributed by atoms with van der Waals surface area (Å²) in [5.41, 5.74) is 0. The van der Waals surface area contributed by atoms with E-state index in [-0.39, 0.29) is 6.10 Å². The van der Waals surface area contributed by atoms with Crippen LogP contribution in [0.25, 0.3) is 0 Å². The van der Waals surface area contributed by atoms with Gasteiger partial charge in [-0.3, -0.25) is 0 Å². The molecule has 0 rings (SSSR count). The summed E-state index contributed by atoms with van der Waals surface area (Å²) in [7, 11) is 0. The third-order valence-corrected chi connectivity index (χ3v) is 2.60. The summed E-state index contributed by atoms with van der Waals surface area (Å²) in [5.74, 6) is 0. The highest BCUT2D eigenvalue weighted by Gasteiger charge is 2.10. The first-order valence-corrected chi connectivity index (χ1v) is 6.30. The molecule has 0 N–H and O–H groups in total. The zero-order valence-corrected chi connectivity index (χ0v) is 10.6. The van der Waals surface area contributed by atoms with Crippen molar-refractivity contribution in [3.8, 4) is 0 Å². The molecule has 0 aromatic carbocycles. The summed E-state index contributed by atoms with van der Waals surface area (Å²) in [4.78, 5) is 0. The van der Waals surface area contributed by atoms with Crippen molar-refractivity contribution in [3.05, 3.63) is 6.92 Å². The smallest absolute Gasteiger partial charge is 0.0806 e. The van der Waals surface area contributed by atoms with Gasteiger partial charge in [0.25, 0.3) is 0 Å². The van der Waals surface area contributed by atoms with Crippen LogP contribution in [-0.2, 0) is 9.47 Å². The molecule has 0 aromatic heterocycles. The SMILES string of the molecule is [CH2]CC(CC)OCC(CC)OCCCC. The van der Waals surface area contributed by atoms with Crippen LogP contribution in [0.2, 0.25) is 0 Å². The number of hydrogen-bond acceptors (Lipinski definition) is 2. The minimum atomic E-state index is 0.261. The predicted molar refractivity (Wildman–Crippen MR) is 64.9 cm³/mol. The minimum Gasteiger partial charge on any atom is -0.376 e. The molecule has 0 heterocycles. The Morgan fingerprint density at radius 1 is 1.00 bits per heavy atom. The van der Waals surface area contributed by atoms with Gasteiger partial charge in [0, 0.05) is 6.61 Å². The van der Waals surface area contributed by atoms with E-state index >= 15 is 0 Å². The predicted octanol–water partition coefficient (Wildman–Crippen LogP) is 3.60. The maximum absolute atomic E-state index is 5.74. The molecule has 0 saturated carbocycles. The van der Waals surface area contributed by atoms with Crippen molar-refractivity contribution in [1.82, 2.24) is 0 Å². The molecule has 0 aliphatic heterocycles. The summed E-state index contributed by atoms with van der Waals surface area (Å²) < 4.78 is 11.5. The van der Waals surface area contributed by atoms with Crippen molar-refractivity contribution >= 4 is 0 Å². The Labute approximate surface area is 95.3 Å². The van der Waals surface area contributed by atoms with E-state index in [1.807, 2.05) is 0 Å². The molecular formula is C13H27O2. The van der Waals surface area contributed by atoms with Crippen LogP contribution in [-0.4, -0.2) is 25.4 Å². The van der Waals surface area contributed by atoms with Gasteiger partial charge in [-0.25, -0.2) is 0 Å². The lowest BCUT2D eigenvalue weighted by Gasteiger charge is -2.20. The average molecular weight is 215 g/mol. The number of ether oxygens (including phenoxy) is 2. The molecule has 0 aromatic rings. The van der Waals surface area contributed by atoms with E-state index in [0.29, 0.717) is 12.7 Å². The molecule has 15 heavy (non-hydrogen) atoms. The summed E-state index contributed by atoms with van der Waals surface area (Å²) in [6.45, 7) is 11.9. The van der Waals surface area contributed by atoms with Gasteiger partial charge in [-0.1, -0.05) is 34.1 Å². The van der Waals surface area contributed by atoms with Gasteiger partial charge in [0.15, 0.2) is 0 Å². The highest BCUT2D eigenvalue weighted by atomic mass is 16.5. The van der Waals surface area contributed by atoms with Gasteiger partial charge in [0.1, 0.15) is 0 Å². The van der Waals surface area contributed by atoms with Gasteiger partial charge < -0.3 is 9.47 Å². The number of unbranched alkanes of at least 4 members (excludes halogenated alkanes) is 1. The second-order valence-corrected chi connectivity index (χ2v) is 3.91. The maximum Gasteiger partial charge on any atom is 0.0806 e. The summed E-state index contributed by atoms with van der Waals surface area (Å²) in [6.07, 6.45) is 5.80. The van der Waals surface area contributed by atoms with Crippen LogP contribution in [0.15, 0.2) is 0 Å². The summed E-state index contributed by atoms with van der Waals surface area (Å²) in [6, 6.07) is 0. The van der Waals surface area contributed by atoms with Gasteiger partial charge in [-0.15, -0.1) is 0 Å². The van der Waals surface area contributed by atoms with E-state index in [4.69, 9.17) is 9.47 Å². The van der Waals surface area contributed by atoms with E-state index in [0.717, 1.165) is 32.3 Å². The second-order valence-electron chi connectivity index (χ2n) is 3.91. The van der Waals surface area contributed by atoms with E-state index in [2.05, 4.69) is 27.7 Å². The van der Waals surface area contributed by atoms with Gasteiger partial charge in [-0.05, 0) is 25.7 Å². The van der Waals surface area contributed by atoms with Crippen LogP contribution in [0, 0.1) is 6.92 Å². The minimum absolute atomic E-state index is 0.261. The molecule has 2 unspecified atom stereocenters. The fraction of sp³-hybridized carbons (Fsp3) is 0.923. The Bertz CT molecular complexity index is 122. The quantitative estimate of drug-likeness (QED) is 0.518. The second kappa shape index (κ2) is 10.4. The highest BCUT2D eigenvalue weighted by Crippen LogP contribution is 2.07. The molecule has 0 fully saturated rings. The summed E-state index contributed by atoms with van der Waals surface area (Å²) >= 11 is 0. The average Bonchev–Trinajstić information content (AvgIpc) is 2.28. The lowest BCUT2D eigenvalue weighted by atomic mass is 10.2. The van der Waals surface area contributed by atoms with Crippen LogP contribution in [0.3, 0.4) is 0 Å². The molecule has 0 aliphatic carbocycles. The standard InChI is InChI=1S/C13H27O2/c1-5-9-10-14-13(8-4)11-15-12(6-2)7-3/h12-13H,2,5-11H2,1,3-4H3. The first-order valence-electron chi connectivity index (χ1n) is 6.30. The first-order chi connectivity index (χ1) is 7.28. The number of rotatable bonds is 10. The Kier molecular flexibility index (Phi) is 10.4. The van der Waals surface area contributed by atoms with Crippen LogP contribution in [0.1, 0.15) is 52.9 Å². The van der Waals surface area contributed by atoms with Crippen LogP contribution in [0.5, 0.6) is 0 Å². The molecule has 91 valence electrons. The molecule has 0 aliphatic rings. The zero-order chi connectivity index (χ0) is 11.5. The Morgan fingerprint density at radius 2 is 1.67 bits per heavy atom. The van der Waals surface area contributed by atoms with Gasteiger partial charge in [-0.2, -0.15) is 0 Å². The monoisotopic (exact) mass is 215 g/mol. The fourth-order valence-electron chi connectivity index (χ4n) is 1.33. The molecular weight excluding hydrogens is 188 g/mol. The molecule has 0 saturated heterocycles. The Balaban J connectivity index is 3.59. The lowest BCUT2D eigenvalue weighted by Crippen LogP contribution is -2.23. The Hall–Kier alpha value is -0.0800. The van der Waals surface area contributed by atoms with Crippen LogP contribution in [0.4, 0.5) is 0 Å². The maximum atomic E-state index is 5.74. The molecule has 1 radical (unpaired) electrons. The number of hydrogen-bond donors (Lipinski definition) is 0. The van der Waals surface area contributed by atoms with Crippen LogP contribution < -0.4 is 0 Å². The normalized spacial score (nSPS) is 13.4. The zero-order valence-electron chi connectivity index (χ0n) is 10.6. The largest absolute Gasteiger partial charge is 0.376 e. The van der Waals surface area contributed by atoms with Crippen molar-refractivity contribution < 1.29 is 9.47 Å². The Morgan fingerprint density at radius 3 is 2.13 bits per heavy atom. The third-order valence-electron chi connectivity index (χ3n) is 2.60. The van der Waals surface area contributed by atoms with E-state index in [9.17, 15) is 0 Å². The van der Waals surface area contributed by atoms with Crippen molar-refractivity contribution in [2.45, 2.75) is 65.1 Å². The van der Waals surface area contributed by atoms with Crippen molar-refractivity contribution in [1.29, 1.82) is 0 Å². The van der Waals surface area contributed by atoms with Gasteiger partial charge in [0.2, 0.25) is 0 Å². The molecule has 0 bridgehead atoms. The molecule has 2 heteroatoms. The topological polar surface area (TPSA) is 18.5 Å². The van der Waals surface area contributed by atoms with Crippen molar-refractivity contribution in [3.63, 3.8) is 0 Å². The fourth-order valence-corrected chi connectivity index (χ4v) is 1.33. The summed E-state index contributed by atoms with van der Waals surface area (Å²) in [5, 5.41) is 0. The van der Waals surface area contributed by atoms with E-state index < -0.39 is 0 Å².